The highest BCUT2D eigenvalue weighted by atomic mass is 35.6. The summed E-state index contributed by atoms with van der Waals surface area (Å²) in [6.07, 6.45) is -1.37. The molecular weight excluding hydrogens is 359 g/mol. The molecule has 0 heterocycles. The molecule has 2 rings (SSSR count). The van der Waals surface area contributed by atoms with E-state index in [2.05, 4.69) is 0 Å². The minimum absolute atomic E-state index is 0.488. The van der Waals surface area contributed by atoms with Gasteiger partial charge in [-0.2, -0.15) is 0 Å². The minimum Gasteiger partial charge on any atom is -0.426 e. The summed E-state index contributed by atoms with van der Waals surface area (Å²) in [5, 5.41) is 2.18. The Balaban J connectivity index is 2.08. The predicted molar refractivity (Wildman–Crippen MR) is 94.3 cm³/mol. The number of carbonyl (C=O) groups is 1. The van der Waals surface area contributed by atoms with E-state index in [1.54, 1.807) is 6.92 Å². The highest BCUT2D eigenvalue weighted by Crippen LogP contribution is 2.40. The molecule has 0 spiro atoms. The molecule has 0 aliphatic heterocycles. The first-order valence-electron chi connectivity index (χ1n) is 7.05. The van der Waals surface area contributed by atoms with E-state index < -0.39 is 21.7 Å². The molecule has 2 aromatic rings. The highest BCUT2D eigenvalue weighted by molar-refractivity contribution is 6.68. The average Bonchev–Trinajstić information content (AvgIpc) is 2.44. The normalized spacial score (nSPS) is 13.7. The van der Waals surface area contributed by atoms with Gasteiger partial charge in [-0.05, 0) is 43.2 Å². The molecule has 6 heteroatoms. The minimum atomic E-state index is -1.75. The molecule has 1 atom stereocenters. The van der Waals surface area contributed by atoms with Crippen LogP contribution in [0.2, 0.25) is 0 Å². The molecule has 0 bridgehead atoms. The number of halogens is 3. The van der Waals surface area contributed by atoms with Gasteiger partial charge in [0.25, 0.3) is 0 Å². The van der Waals surface area contributed by atoms with Crippen molar-refractivity contribution in [2.24, 2.45) is 0 Å². The van der Waals surface area contributed by atoms with Crippen LogP contribution in [0.25, 0.3) is 10.8 Å². The van der Waals surface area contributed by atoms with Gasteiger partial charge in [0.05, 0.1) is 0 Å². The van der Waals surface area contributed by atoms with Crippen LogP contribution in [0, 0.1) is 0 Å². The van der Waals surface area contributed by atoms with Gasteiger partial charge >= 0.3 is 6.16 Å². The summed E-state index contributed by atoms with van der Waals surface area (Å²) in [7, 11) is 0. The van der Waals surface area contributed by atoms with Crippen molar-refractivity contribution in [3.05, 3.63) is 48.0 Å². The van der Waals surface area contributed by atoms with Gasteiger partial charge < -0.3 is 9.47 Å². The van der Waals surface area contributed by atoms with Crippen LogP contribution in [-0.2, 0) is 9.47 Å². The summed E-state index contributed by atoms with van der Waals surface area (Å²) in [6, 6.07) is 13.8. The summed E-state index contributed by atoms with van der Waals surface area (Å²) in [4.78, 5) is 11.9. The molecule has 23 heavy (non-hydrogen) atoms. The van der Waals surface area contributed by atoms with Crippen LogP contribution < -0.4 is 0 Å². The van der Waals surface area contributed by atoms with Crippen LogP contribution in [0.15, 0.2) is 42.5 Å². The molecule has 0 saturated heterocycles. The predicted octanol–water partition coefficient (Wildman–Crippen LogP) is 6.20. The van der Waals surface area contributed by atoms with E-state index in [1.807, 2.05) is 42.5 Å². The summed E-state index contributed by atoms with van der Waals surface area (Å²) in [6.45, 7) is 4.76. The van der Waals surface area contributed by atoms with Gasteiger partial charge in [0.15, 0.2) is 5.60 Å². The standard InChI is InChI=1S/C17H17Cl3O3/c1-11(22-15(21)23-16(2,3)17(18,19)20)13-9-8-12-6-4-5-7-14(12)10-13/h4-11H,1-3H3. The maximum atomic E-state index is 11.9. The Hall–Kier alpha value is -1.16. The Labute approximate surface area is 150 Å². The van der Waals surface area contributed by atoms with Crippen LogP contribution in [0.4, 0.5) is 4.79 Å². The Morgan fingerprint density at radius 1 is 1.04 bits per heavy atom. The fourth-order valence-corrected chi connectivity index (χ4v) is 2.08. The second kappa shape index (κ2) is 6.76. The van der Waals surface area contributed by atoms with E-state index >= 15 is 0 Å². The van der Waals surface area contributed by atoms with Crippen LogP contribution in [0.3, 0.4) is 0 Å². The van der Waals surface area contributed by atoms with Crippen molar-refractivity contribution in [1.82, 2.24) is 0 Å². The van der Waals surface area contributed by atoms with Crippen LogP contribution in [-0.4, -0.2) is 15.5 Å². The topological polar surface area (TPSA) is 35.5 Å². The molecule has 0 amide bonds. The number of rotatable bonds is 3. The molecule has 0 fully saturated rings. The van der Waals surface area contributed by atoms with E-state index in [-0.39, 0.29) is 0 Å². The van der Waals surface area contributed by atoms with Crippen molar-refractivity contribution in [2.45, 2.75) is 36.3 Å². The van der Waals surface area contributed by atoms with Gasteiger partial charge in [-0.25, -0.2) is 4.79 Å². The highest BCUT2D eigenvalue weighted by Gasteiger charge is 2.44. The third kappa shape index (κ3) is 4.43. The van der Waals surface area contributed by atoms with Crippen LogP contribution >= 0.6 is 34.8 Å². The van der Waals surface area contributed by atoms with Gasteiger partial charge in [0, 0.05) is 0 Å². The van der Waals surface area contributed by atoms with Crippen molar-refractivity contribution in [1.29, 1.82) is 0 Å². The number of ether oxygens (including phenoxy) is 2. The first-order chi connectivity index (χ1) is 10.6. The summed E-state index contributed by atoms with van der Waals surface area (Å²) in [5.41, 5.74) is -0.454. The van der Waals surface area contributed by atoms with E-state index in [4.69, 9.17) is 44.3 Å². The van der Waals surface area contributed by atoms with Gasteiger partial charge in [-0.15, -0.1) is 0 Å². The smallest absolute Gasteiger partial charge is 0.426 e. The Morgan fingerprint density at radius 2 is 1.65 bits per heavy atom. The van der Waals surface area contributed by atoms with Gasteiger partial charge in [-0.3, -0.25) is 0 Å². The average molecular weight is 376 g/mol. The van der Waals surface area contributed by atoms with Crippen LogP contribution in [0.5, 0.6) is 0 Å². The lowest BCUT2D eigenvalue weighted by atomic mass is 10.0. The Bertz CT molecular complexity index is 708. The molecule has 0 radical (unpaired) electrons. The zero-order valence-electron chi connectivity index (χ0n) is 13.0. The van der Waals surface area contributed by atoms with Gasteiger partial charge in [0.2, 0.25) is 3.79 Å². The Kier molecular flexibility index (Phi) is 5.34. The second-order valence-electron chi connectivity index (χ2n) is 5.73. The number of fused-ring (bicyclic) bond motifs is 1. The SMILES string of the molecule is CC(OC(=O)OC(C)(C)C(Cl)(Cl)Cl)c1ccc2ccccc2c1. The van der Waals surface area contributed by atoms with Gasteiger partial charge in [0.1, 0.15) is 6.10 Å². The maximum Gasteiger partial charge on any atom is 0.509 e. The molecule has 124 valence electrons. The Morgan fingerprint density at radius 3 is 2.26 bits per heavy atom. The van der Waals surface area contributed by atoms with Gasteiger partial charge in [-0.1, -0.05) is 71.2 Å². The molecule has 1 unspecified atom stereocenters. The first-order valence-corrected chi connectivity index (χ1v) is 8.18. The first kappa shape index (κ1) is 18.2. The number of benzene rings is 2. The lowest BCUT2D eigenvalue weighted by Gasteiger charge is -2.31. The van der Waals surface area contributed by atoms with Crippen LogP contribution in [0.1, 0.15) is 32.4 Å². The maximum absolute atomic E-state index is 11.9. The fraction of sp³-hybridized carbons (Fsp3) is 0.353. The van der Waals surface area contributed by atoms with Crippen molar-refractivity contribution < 1.29 is 14.3 Å². The van der Waals surface area contributed by atoms with E-state index in [0.29, 0.717) is 0 Å². The van der Waals surface area contributed by atoms with E-state index in [0.717, 1.165) is 16.3 Å². The quantitative estimate of drug-likeness (QED) is 0.473. The van der Waals surface area contributed by atoms with Crippen molar-refractivity contribution in [3.8, 4) is 0 Å². The number of hydrogen-bond acceptors (Lipinski definition) is 3. The molecule has 0 N–H and O–H groups in total. The number of hydrogen-bond donors (Lipinski definition) is 0. The molecule has 0 saturated carbocycles. The third-order valence-corrected chi connectivity index (χ3v) is 4.90. The zero-order chi connectivity index (χ0) is 17.3. The molecular formula is C17H17Cl3O3. The lowest BCUT2D eigenvalue weighted by Crippen LogP contribution is -2.41. The fourth-order valence-electron chi connectivity index (χ4n) is 1.96. The van der Waals surface area contributed by atoms with Crippen molar-refractivity contribution in [3.63, 3.8) is 0 Å². The van der Waals surface area contributed by atoms with Crippen molar-refractivity contribution >= 4 is 51.7 Å². The molecule has 2 aromatic carbocycles. The largest absolute Gasteiger partial charge is 0.509 e. The number of alkyl halides is 3. The monoisotopic (exact) mass is 374 g/mol. The molecule has 3 nitrogen and oxygen atoms in total. The van der Waals surface area contributed by atoms with E-state index in [9.17, 15) is 4.79 Å². The zero-order valence-corrected chi connectivity index (χ0v) is 15.2. The lowest BCUT2D eigenvalue weighted by molar-refractivity contribution is -0.0301. The number of carbonyl (C=O) groups excluding carboxylic acids is 1. The summed E-state index contributed by atoms with van der Waals surface area (Å²) >= 11 is 17.4. The van der Waals surface area contributed by atoms with E-state index in [1.165, 1.54) is 13.8 Å². The molecule has 0 aliphatic carbocycles. The molecule has 0 aromatic heterocycles. The third-order valence-electron chi connectivity index (χ3n) is 3.54. The molecule has 0 aliphatic rings. The summed E-state index contributed by atoms with van der Waals surface area (Å²) < 4.78 is 8.65. The summed E-state index contributed by atoms with van der Waals surface area (Å²) in [5.74, 6) is 0. The van der Waals surface area contributed by atoms with Crippen molar-refractivity contribution in [2.75, 3.05) is 0 Å². The second-order valence-corrected chi connectivity index (χ2v) is 8.01.